The molecule has 0 saturated carbocycles. The van der Waals surface area contributed by atoms with Crippen LogP contribution in [0.3, 0.4) is 0 Å². The summed E-state index contributed by atoms with van der Waals surface area (Å²) in [6.07, 6.45) is 1.72. The highest BCUT2D eigenvalue weighted by molar-refractivity contribution is 7.80. The van der Waals surface area contributed by atoms with Crippen LogP contribution in [0.4, 0.5) is 0 Å². The smallest absolute Gasteiger partial charge is 0.323 e. The van der Waals surface area contributed by atoms with Crippen molar-refractivity contribution in [3.63, 3.8) is 0 Å². The van der Waals surface area contributed by atoms with Crippen LogP contribution in [0.15, 0.2) is 30.3 Å². The van der Waals surface area contributed by atoms with Gasteiger partial charge in [-0.2, -0.15) is 12.6 Å². The van der Waals surface area contributed by atoms with Gasteiger partial charge in [-0.3, -0.25) is 4.79 Å². The lowest BCUT2D eigenvalue weighted by atomic mass is 10.1. The molecule has 88 valence electrons. The molecule has 16 heavy (non-hydrogen) atoms. The number of carbonyl (C=O) groups excluding carboxylic acids is 1. The van der Waals surface area contributed by atoms with Crippen LogP contribution in [0.25, 0.3) is 0 Å². The van der Waals surface area contributed by atoms with Crippen LogP contribution in [0, 0.1) is 0 Å². The molecule has 0 spiro atoms. The van der Waals surface area contributed by atoms with Crippen molar-refractivity contribution in [2.75, 3.05) is 12.4 Å². The van der Waals surface area contributed by atoms with Gasteiger partial charge in [-0.15, -0.1) is 0 Å². The number of rotatable bonds is 6. The molecule has 0 heterocycles. The summed E-state index contributed by atoms with van der Waals surface area (Å²) in [4.78, 5) is 11.2. The van der Waals surface area contributed by atoms with E-state index in [0.717, 1.165) is 12.8 Å². The minimum Gasteiger partial charge on any atom is -0.464 e. The Hall–Kier alpha value is -1.00. The molecule has 0 amide bonds. The molecule has 0 aromatic heterocycles. The highest BCUT2D eigenvalue weighted by Gasteiger charge is 2.11. The van der Waals surface area contributed by atoms with Gasteiger partial charge in [0.1, 0.15) is 6.04 Å². The zero-order valence-corrected chi connectivity index (χ0v) is 10.0. The zero-order chi connectivity index (χ0) is 11.8. The molecule has 1 rings (SSSR count). The molecule has 1 aromatic rings. The molecule has 1 aromatic carbocycles. The maximum Gasteiger partial charge on any atom is 0.323 e. The van der Waals surface area contributed by atoms with Crippen LogP contribution < -0.4 is 5.73 Å². The first-order chi connectivity index (χ1) is 7.74. The fourth-order valence-electron chi connectivity index (χ4n) is 1.28. The summed E-state index contributed by atoms with van der Waals surface area (Å²) in [5.41, 5.74) is 6.71. The molecular weight excluding hydrogens is 222 g/mol. The molecule has 0 aliphatic carbocycles. The predicted molar refractivity (Wildman–Crippen MR) is 67.6 cm³/mol. The number of thiol groups is 1. The van der Waals surface area contributed by atoms with E-state index in [9.17, 15) is 4.79 Å². The second-order valence-corrected chi connectivity index (χ2v) is 3.91. The Morgan fingerprint density at radius 3 is 2.69 bits per heavy atom. The Kier molecular flexibility index (Phi) is 5.96. The van der Waals surface area contributed by atoms with Gasteiger partial charge in [0.05, 0.1) is 6.61 Å². The first-order valence-electron chi connectivity index (χ1n) is 5.31. The molecule has 0 unspecified atom stereocenters. The van der Waals surface area contributed by atoms with Crippen molar-refractivity contribution < 1.29 is 9.53 Å². The van der Waals surface area contributed by atoms with Gasteiger partial charge >= 0.3 is 5.97 Å². The lowest BCUT2D eigenvalue weighted by molar-refractivity contribution is -0.144. The number of hydrogen-bond donors (Lipinski definition) is 2. The Bertz CT molecular complexity index is 316. The fourth-order valence-corrected chi connectivity index (χ4v) is 1.42. The average molecular weight is 239 g/mol. The summed E-state index contributed by atoms with van der Waals surface area (Å²) in [6, 6.07) is 9.48. The van der Waals surface area contributed by atoms with Gasteiger partial charge in [-0.05, 0) is 18.4 Å². The zero-order valence-electron chi connectivity index (χ0n) is 9.13. The van der Waals surface area contributed by atoms with E-state index in [4.69, 9.17) is 10.5 Å². The molecule has 1 atom stereocenters. The van der Waals surface area contributed by atoms with Crippen LogP contribution >= 0.6 is 12.6 Å². The average Bonchev–Trinajstić information content (AvgIpc) is 2.34. The summed E-state index contributed by atoms with van der Waals surface area (Å²) in [5.74, 6) is -0.0552. The van der Waals surface area contributed by atoms with E-state index in [-0.39, 0.29) is 5.97 Å². The first kappa shape index (κ1) is 13.1. The predicted octanol–water partition coefficient (Wildman–Crippen LogP) is 1.42. The van der Waals surface area contributed by atoms with E-state index in [2.05, 4.69) is 24.8 Å². The molecule has 3 nitrogen and oxygen atoms in total. The van der Waals surface area contributed by atoms with E-state index in [1.54, 1.807) is 0 Å². The van der Waals surface area contributed by atoms with Crippen molar-refractivity contribution in [3.05, 3.63) is 35.9 Å². The van der Waals surface area contributed by atoms with Gasteiger partial charge in [0, 0.05) is 5.75 Å². The lowest BCUT2D eigenvalue weighted by Crippen LogP contribution is -2.34. The normalized spacial score (nSPS) is 12.1. The van der Waals surface area contributed by atoms with Crippen molar-refractivity contribution in [2.45, 2.75) is 18.9 Å². The summed E-state index contributed by atoms with van der Waals surface area (Å²) >= 11 is 3.93. The first-order valence-corrected chi connectivity index (χ1v) is 5.94. The molecule has 0 aliphatic heterocycles. The second-order valence-electron chi connectivity index (χ2n) is 3.55. The fraction of sp³-hybridized carbons (Fsp3) is 0.417. The van der Waals surface area contributed by atoms with Gasteiger partial charge in [0.15, 0.2) is 0 Å². The van der Waals surface area contributed by atoms with E-state index < -0.39 is 6.04 Å². The van der Waals surface area contributed by atoms with E-state index in [1.807, 2.05) is 18.2 Å². The van der Waals surface area contributed by atoms with Gasteiger partial charge < -0.3 is 10.5 Å². The molecular formula is C12H17NO2S. The number of hydrogen-bond acceptors (Lipinski definition) is 4. The van der Waals surface area contributed by atoms with Crippen molar-refractivity contribution in [2.24, 2.45) is 5.73 Å². The van der Waals surface area contributed by atoms with E-state index in [1.165, 1.54) is 5.56 Å². The topological polar surface area (TPSA) is 52.3 Å². The third-order valence-corrected chi connectivity index (χ3v) is 2.59. The highest BCUT2D eigenvalue weighted by atomic mass is 32.1. The maximum atomic E-state index is 11.2. The van der Waals surface area contributed by atoms with Crippen molar-refractivity contribution in [3.8, 4) is 0 Å². The SMILES string of the molecule is N[C@@H](CS)C(=O)OCCCc1ccccc1. The largest absolute Gasteiger partial charge is 0.464 e. The molecule has 0 saturated heterocycles. The number of nitrogens with two attached hydrogens (primary N) is 1. The minimum atomic E-state index is -0.611. The Morgan fingerprint density at radius 1 is 1.38 bits per heavy atom. The molecule has 0 aliphatic rings. The quantitative estimate of drug-likeness (QED) is 0.448. The number of esters is 1. The molecule has 0 fully saturated rings. The number of aryl methyl sites for hydroxylation is 1. The second kappa shape index (κ2) is 7.30. The van der Waals surface area contributed by atoms with Gasteiger partial charge in [-0.1, -0.05) is 30.3 Å². The van der Waals surface area contributed by atoms with Crippen LogP contribution in [-0.2, 0) is 16.0 Å². The lowest BCUT2D eigenvalue weighted by Gasteiger charge is -2.08. The molecule has 0 bridgehead atoms. The van der Waals surface area contributed by atoms with Crippen molar-refractivity contribution in [1.29, 1.82) is 0 Å². The number of carbonyl (C=O) groups is 1. The number of ether oxygens (including phenoxy) is 1. The molecule has 2 N–H and O–H groups in total. The minimum absolute atomic E-state index is 0.317. The standard InChI is InChI=1S/C12H17NO2S/c13-11(9-16)12(14)15-8-4-7-10-5-2-1-3-6-10/h1-3,5-6,11,16H,4,7-9,13H2/t11-/m0/s1. The number of benzene rings is 1. The third-order valence-electron chi connectivity index (χ3n) is 2.20. The van der Waals surface area contributed by atoms with Crippen LogP contribution in [0.2, 0.25) is 0 Å². The van der Waals surface area contributed by atoms with Crippen molar-refractivity contribution >= 4 is 18.6 Å². The summed E-state index contributed by atoms with van der Waals surface area (Å²) in [5, 5.41) is 0. The molecule has 4 heteroatoms. The van der Waals surface area contributed by atoms with Crippen molar-refractivity contribution in [1.82, 2.24) is 0 Å². The molecule has 0 radical (unpaired) electrons. The Balaban J connectivity index is 2.15. The van der Waals surface area contributed by atoms with Crippen LogP contribution in [-0.4, -0.2) is 24.4 Å². The summed E-state index contributed by atoms with van der Waals surface area (Å²) in [7, 11) is 0. The summed E-state index contributed by atoms with van der Waals surface area (Å²) in [6.45, 7) is 0.412. The summed E-state index contributed by atoms with van der Waals surface area (Å²) < 4.78 is 5.00. The van der Waals surface area contributed by atoms with Crippen LogP contribution in [0.1, 0.15) is 12.0 Å². The van der Waals surface area contributed by atoms with Gasteiger partial charge in [0.2, 0.25) is 0 Å². The maximum absolute atomic E-state index is 11.2. The van der Waals surface area contributed by atoms with Crippen LogP contribution in [0.5, 0.6) is 0 Å². The van der Waals surface area contributed by atoms with E-state index in [0.29, 0.717) is 12.4 Å². The van der Waals surface area contributed by atoms with Gasteiger partial charge in [0.25, 0.3) is 0 Å². The Labute approximate surface area is 101 Å². The monoisotopic (exact) mass is 239 g/mol. The Morgan fingerprint density at radius 2 is 2.06 bits per heavy atom. The third kappa shape index (κ3) is 4.68. The highest BCUT2D eigenvalue weighted by Crippen LogP contribution is 2.02. The van der Waals surface area contributed by atoms with Gasteiger partial charge in [-0.25, -0.2) is 0 Å². The van der Waals surface area contributed by atoms with E-state index >= 15 is 0 Å².